The van der Waals surface area contributed by atoms with Crippen LogP contribution in [0, 0.1) is 0 Å². The van der Waals surface area contributed by atoms with Crippen molar-refractivity contribution in [3.05, 3.63) is 22.1 Å². The molecule has 2 aromatic heterocycles. The Bertz CT molecular complexity index is 631. The molecule has 0 aliphatic heterocycles. The molecule has 0 aliphatic rings. The van der Waals surface area contributed by atoms with E-state index in [1.165, 1.54) is 16.0 Å². The van der Waals surface area contributed by atoms with Crippen LogP contribution in [0.4, 0.5) is 5.13 Å². The smallest absolute Gasteiger partial charge is 0.277 e. The van der Waals surface area contributed by atoms with Gasteiger partial charge in [0.05, 0.1) is 11.3 Å². The topological polar surface area (TPSA) is 86.7 Å². The van der Waals surface area contributed by atoms with Crippen LogP contribution in [0.5, 0.6) is 0 Å². The fourth-order valence-corrected chi connectivity index (χ4v) is 2.32. The lowest BCUT2D eigenvalue weighted by atomic mass is 10.1. The monoisotopic (exact) mass is 279 g/mol. The highest BCUT2D eigenvalue weighted by molar-refractivity contribution is 7.18. The fraction of sp³-hybridized carbons (Fsp3) is 0.500. The first-order valence-electron chi connectivity index (χ1n) is 6.24. The zero-order chi connectivity index (χ0) is 14.0. The Morgan fingerprint density at radius 2 is 2.16 bits per heavy atom. The summed E-state index contributed by atoms with van der Waals surface area (Å²) in [5.41, 5.74) is 6.85. The highest BCUT2D eigenvalue weighted by atomic mass is 32.1. The normalized spacial score (nSPS) is 11.2. The van der Waals surface area contributed by atoms with Gasteiger partial charge in [-0.25, -0.2) is 4.68 Å². The molecule has 0 amide bonds. The van der Waals surface area contributed by atoms with Gasteiger partial charge < -0.3 is 5.73 Å². The lowest BCUT2D eigenvalue weighted by Crippen LogP contribution is -2.26. The summed E-state index contributed by atoms with van der Waals surface area (Å²) in [7, 11) is 0. The summed E-state index contributed by atoms with van der Waals surface area (Å²) in [6, 6.07) is 1.79. The molecule has 7 heteroatoms. The quantitative estimate of drug-likeness (QED) is 0.923. The maximum absolute atomic E-state index is 12.3. The van der Waals surface area contributed by atoms with E-state index in [0.29, 0.717) is 22.2 Å². The van der Waals surface area contributed by atoms with E-state index >= 15 is 0 Å². The lowest BCUT2D eigenvalue weighted by Gasteiger charge is -2.10. The average Bonchev–Trinajstić information content (AvgIpc) is 2.78. The van der Waals surface area contributed by atoms with Gasteiger partial charge in [0, 0.05) is 6.54 Å². The summed E-state index contributed by atoms with van der Waals surface area (Å²) in [6.45, 7) is 6.70. The van der Waals surface area contributed by atoms with Gasteiger partial charge in [0.15, 0.2) is 5.01 Å². The molecule has 2 heterocycles. The van der Waals surface area contributed by atoms with Crippen molar-refractivity contribution in [2.75, 3.05) is 5.73 Å². The molecule has 2 N–H and O–H groups in total. The molecule has 2 rings (SSSR count). The van der Waals surface area contributed by atoms with Crippen molar-refractivity contribution < 1.29 is 0 Å². The second kappa shape index (κ2) is 5.48. The van der Waals surface area contributed by atoms with Crippen LogP contribution < -0.4 is 11.3 Å². The van der Waals surface area contributed by atoms with Crippen LogP contribution in [-0.2, 0) is 6.54 Å². The second-order valence-electron chi connectivity index (χ2n) is 4.61. The summed E-state index contributed by atoms with van der Waals surface area (Å²) in [5, 5.41) is 13.0. The van der Waals surface area contributed by atoms with Gasteiger partial charge in [-0.1, -0.05) is 32.1 Å². The summed E-state index contributed by atoms with van der Waals surface area (Å²) in [5.74, 6) is 0.243. The average molecular weight is 279 g/mol. The third kappa shape index (κ3) is 2.81. The summed E-state index contributed by atoms with van der Waals surface area (Å²) in [4.78, 5) is 12.3. The van der Waals surface area contributed by atoms with Crippen molar-refractivity contribution in [3.63, 3.8) is 0 Å². The molecular formula is C12H17N5OS. The molecule has 0 unspecified atom stereocenters. The highest BCUT2D eigenvalue weighted by Crippen LogP contribution is 2.23. The number of hydrogen-bond acceptors (Lipinski definition) is 6. The molecule has 0 atom stereocenters. The van der Waals surface area contributed by atoms with Crippen LogP contribution in [-0.4, -0.2) is 20.0 Å². The SMILES string of the molecule is CCCn1nc(C(C)C)cc(-c2nnc(N)s2)c1=O. The van der Waals surface area contributed by atoms with Crippen molar-refractivity contribution in [2.24, 2.45) is 0 Å². The molecule has 0 saturated heterocycles. The van der Waals surface area contributed by atoms with E-state index in [1.54, 1.807) is 6.07 Å². The number of nitrogen functional groups attached to an aromatic ring is 1. The maximum Gasteiger partial charge on any atom is 0.277 e. The molecule has 102 valence electrons. The van der Waals surface area contributed by atoms with E-state index in [0.717, 1.165) is 12.1 Å². The number of rotatable bonds is 4. The molecule has 2 aromatic rings. The minimum Gasteiger partial charge on any atom is -0.374 e. The first kappa shape index (κ1) is 13.7. The number of nitrogens with two attached hydrogens (primary N) is 1. The third-order valence-electron chi connectivity index (χ3n) is 2.69. The van der Waals surface area contributed by atoms with Crippen LogP contribution in [0.15, 0.2) is 10.9 Å². The van der Waals surface area contributed by atoms with Gasteiger partial charge >= 0.3 is 0 Å². The number of hydrogen-bond donors (Lipinski definition) is 1. The molecule has 0 spiro atoms. The van der Waals surface area contributed by atoms with E-state index in [1.807, 2.05) is 20.8 Å². The predicted molar refractivity (Wildman–Crippen MR) is 76.2 cm³/mol. The van der Waals surface area contributed by atoms with Crippen LogP contribution in [0.1, 0.15) is 38.8 Å². The predicted octanol–water partition coefficient (Wildman–Crippen LogP) is 1.88. The number of anilines is 1. The van der Waals surface area contributed by atoms with Gasteiger partial charge in [-0.15, -0.1) is 10.2 Å². The Balaban J connectivity index is 2.61. The van der Waals surface area contributed by atoms with Gasteiger partial charge in [0.1, 0.15) is 0 Å². The molecule has 0 aromatic carbocycles. The highest BCUT2D eigenvalue weighted by Gasteiger charge is 2.15. The van der Waals surface area contributed by atoms with E-state index in [-0.39, 0.29) is 11.5 Å². The first-order valence-corrected chi connectivity index (χ1v) is 7.06. The van der Waals surface area contributed by atoms with Gasteiger partial charge in [-0.3, -0.25) is 4.79 Å². The minimum atomic E-state index is -0.137. The van der Waals surface area contributed by atoms with E-state index in [4.69, 9.17) is 5.73 Å². The van der Waals surface area contributed by atoms with Crippen molar-refractivity contribution in [1.29, 1.82) is 0 Å². The number of aromatic nitrogens is 4. The molecule has 0 fully saturated rings. The Hall–Kier alpha value is -1.76. The van der Waals surface area contributed by atoms with Gasteiger partial charge in [0.2, 0.25) is 5.13 Å². The largest absolute Gasteiger partial charge is 0.374 e. The maximum atomic E-state index is 12.3. The van der Waals surface area contributed by atoms with Crippen molar-refractivity contribution in [1.82, 2.24) is 20.0 Å². The van der Waals surface area contributed by atoms with Crippen molar-refractivity contribution in [2.45, 2.75) is 39.7 Å². The number of aryl methyl sites for hydroxylation is 1. The van der Waals surface area contributed by atoms with Crippen LogP contribution >= 0.6 is 11.3 Å². The number of nitrogens with zero attached hydrogens (tertiary/aromatic N) is 4. The van der Waals surface area contributed by atoms with Crippen LogP contribution in [0.3, 0.4) is 0 Å². The van der Waals surface area contributed by atoms with Gasteiger partial charge in [0.25, 0.3) is 5.56 Å². The van der Waals surface area contributed by atoms with E-state index < -0.39 is 0 Å². The summed E-state index contributed by atoms with van der Waals surface area (Å²) >= 11 is 1.22. The Morgan fingerprint density at radius 1 is 1.42 bits per heavy atom. The molecule has 0 bridgehead atoms. The van der Waals surface area contributed by atoms with Crippen LogP contribution in [0.2, 0.25) is 0 Å². The molecule has 19 heavy (non-hydrogen) atoms. The Labute approximate surface area is 115 Å². The Kier molecular flexibility index (Phi) is 3.94. The van der Waals surface area contributed by atoms with E-state index in [2.05, 4.69) is 15.3 Å². The van der Waals surface area contributed by atoms with Crippen molar-refractivity contribution in [3.8, 4) is 10.6 Å². The first-order chi connectivity index (χ1) is 9.02. The Morgan fingerprint density at radius 3 is 2.68 bits per heavy atom. The lowest BCUT2D eigenvalue weighted by molar-refractivity contribution is 0.548. The molecular weight excluding hydrogens is 262 g/mol. The summed E-state index contributed by atoms with van der Waals surface area (Å²) < 4.78 is 1.50. The van der Waals surface area contributed by atoms with Gasteiger partial charge in [-0.05, 0) is 18.4 Å². The van der Waals surface area contributed by atoms with Gasteiger partial charge in [-0.2, -0.15) is 5.10 Å². The summed E-state index contributed by atoms with van der Waals surface area (Å²) in [6.07, 6.45) is 0.853. The second-order valence-corrected chi connectivity index (χ2v) is 5.62. The van der Waals surface area contributed by atoms with Crippen molar-refractivity contribution >= 4 is 16.5 Å². The molecule has 6 nitrogen and oxygen atoms in total. The third-order valence-corrected chi connectivity index (χ3v) is 3.48. The minimum absolute atomic E-state index is 0.137. The zero-order valence-electron chi connectivity index (χ0n) is 11.3. The molecule has 0 aliphatic carbocycles. The van der Waals surface area contributed by atoms with Crippen LogP contribution in [0.25, 0.3) is 10.6 Å². The molecule has 0 radical (unpaired) electrons. The standard InChI is InChI=1S/C12H17N5OS/c1-4-5-17-11(18)8(6-9(16-17)7(2)3)10-14-15-12(13)19-10/h6-7H,4-5H2,1-3H3,(H2,13,15). The zero-order valence-corrected chi connectivity index (χ0v) is 12.1. The molecule has 0 saturated carbocycles. The fourth-order valence-electron chi connectivity index (χ4n) is 1.70. The van der Waals surface area contributed by atoms with E-state index in [9.17, 15) is 4.79 Å².